The lowest BCUT2D eigenvalue weighted by atomic mass is 10.1. The number of methoxy groups -OCH3 is 1. The number of rotatable bonds is 10. The van der Waals surface area contributed by atoms with Gasteiger partial charge in [0.05, 0.1) is 31.3 Å². The Hall–Kier alpha value is -3.30. The first-order chi connectivity index (χ1) is 16.3. The van der Waals surface area contributed by atoms with Gasteiger partial charge in [-0.25, -0.2) is 0 Å². The van der Waals surface area contributed by atoms with Gasteiger partial charge in [-0.15, -0.1) is 0 Å². The van der Waals surface area contributed by atoms with E-state index in [0.29, 0.717) is 41.5 Å². The van der Waals surface area contributed by atoms with Gasteiger partial charge in [-0.05, 0) is 49.9 Å². The number of nitrogens with one attached hydrogen (secondary N) is 1. The van der Waals surface area contributed by atoms with Crippen molar-refractivity contribution >= 4 is 23.7 Å². The molecule has 1 unspecified atom stereocenters. The molecule has 1 aliphatic heterocycles. The van der Waals surface area contributed by atoms with Crippen LogP contribution >= 0.6 is 0 Å². The normalized spacial score (nSPS) is 15.4. The lowest BCUT2D eigenvalue weighted by Gasteiger charge is -2.37. The summed E-state index contributed by atoms with van der Waals surface area (Å²) in [5, 5.41) is 2.92. The third-order valence-electron chi connectivity index (χ3n) is 6.15. The molecule has 2 aromatic rings. The largest absolute Gasteiger partial charge is 0.495 e. The van der Waals surface area contributed by atoms with E-state index in [9.17, 15) is 9.59 Å². The maximum atomic E-state index is 13.2. The molecular formula is C25H35N5O4. The van der Waals surface area contributed by atoms with Crippen LogP contribution in [-0.2, 0) is 4.79 Å². The number of carbonyl (C=O) groups is 2. The van der Waals surface area contributed by atoms with Gasteiger partial charge >= 0.3 is 0 Å². The smallest absolute Gasteiger partial charge is 0.258 e. The van der Waals surface area contributed by atoms with Crippen molar-refractivity contribution in [3.05, 3.63) is 47.5 Å². The van der Waals surface area contributed by atoms with Crippen LogP contribution in [0.1, 0.15) is 22.3 Å². The highest BCUT2D eigenvalue weighted by atomic mass is 16.5. The van der Waals surface area contributed by atoms with Crippen molar-refractivity contribution in [1.29, 1.82) is 0 Å². The predicted octanol–water partition coefficient (Wildman–Crippen LogP) is 1.95. The molecule has 3 rings (SSSR count). The van der Waals surface area contributed by atoms with Gasteiger partial charge in [0.25, 0.3) is 5.91 Å². The molecule has 1 saturated heterocycles. The number of piperazine rings is 1. The zero-order valence-corrected chi connectivity index (χ0v) is 20.4. The lowest BCUT2D eigenvalue weighted by molar-refractivity contribution is -0.111. The summed E-state index contributed by atoms with van der Waals surface area (Å²) in [5.74, 6) is 0.865. The zero-order valence-electron chi connectivity index (χ0n) is 20.4. The van der Waals surface area contributed by atoms with Crippen LogP contribution < -0.4 is 25.4 Å². The number of ether oxygens (including phenoxy) is 2. The molecule has 0 spiro atoms. The minimum Gasteiger partial charge on any atom is -0.495 e. The molecule has 34 heavy (non-hydrogen) atoms. The average Bonchev–Trinajstić information content (AvgIpc) is 2.83. The second-order valence-corrected chi connectivity index (χ2v) is 8.57. The summed E-state index contributed by atoms with van der Waals surface area (Å²) in [6.07, 6.45) is 1.28. The summed E-state index contributed by atoms with van der Waals surface area (Å²) >= 11 is 0. The monoisotopic (exact) mass is 469 g/mol. The Morgan fingerprint density at radius 1 is 1.18 bits per heavy atom. The highest BCUT2D eigenvalue weighted by Gasteiger charge is 2.23. The molecule has 3 N–H and O–H groups in total. The minimum atomic E-state index is -0.204. The number of aryl methyl sites for hydroxylation is 1. The molecule has 2 amide bonds. The number of nitrogens with zero attached hydrogens (tertiary/aromatic N) is 3. The number of carbonyl (C=O) groups excluding carboxylic acids is 2. The van der Waals surface area contributed by atoms with E-state index in [1.54, 1.807) is 30.1 Å². The van der Waals surface area contributed by atoms with Gasteiger partial charge in [0, 0.05) is 45.2 Å². The third kappa shape index (κ3) is 6.18. The van der Waals surface area contributed by atoms with E-state index in [4.69, 9.17) is 15.2 Å². The molecule has 0 aliphatic carbocycles. The number of nitrogens with two attached hydrogens (primary N) is 1. The van der Waals surface area contributed by atoms with Crippen LogP contribution in [0.15, 0.2) is 36.4 Å². The van der Waals surface area contributed by atoms with E-state index >= 15 is 0 Å². The molecule has 9 nitrogen and oxygen atoms in total. The summed E-state index contributed by atoms with van der Waals surface area (Å²) < 4.78 is 11.4. The molecule has 9 heteroatoms. The molecule has 0 saturated carbocycles. The second-order valence-electron chi connectivity index (χ2n) is 8.57. The first-order valence-electron chi connectivity index (χ1n) is 11.4. The van der Waals surface area contributed by atoms with Crippen molar-refractivity contribution in [2.24, 2.45) is 0 Å². The summed E-state index contributed by atoms with van der Waals surface area (Å²) in [6.45, 7) is 6.07. The van der Waals surface area contributed by atoms with Crippen LogP contribution in [0.3, 0.4) is 0 Å². The first kappa shape index (κ1) is 25.3. The quantitative estimate of drug-likeness (QED) is 0.405. The topological polar surface area (TPSA) is 100 Å². The van der Waals surface area contributed by atoms with Crippen molar-refractivity contribution in [3.8, 4) is 11.5 Å². The fourth-order valence-corrected chi connectivity index (χ4v) is 4.03. The summed E-state index contributed by atoms with van der Waals surface area (Å²) in [7, 11) is 5.33. The van der Waals surface area contributed by atoms with Gasteiger partial charge in [-0.1, -0.05) is 6.07 Å². The SMILES string of the molecule is COc1cc(C(=O)N(C)c2ccc(C)cc2OCCC(NC=O)N2CCN(C)CC2)ccc1N. The lowest BCUT2D eigenvalue weighted by Crippen LogP contribution is -2.54. The Labute approximate surface area is 201 Å². The fraction of sp³-hybridized carbons (Fsp3) is 0.440. The van der Waals surface area contributed by atoms with Crippen molar-refractivity contribution in [1.82, 2.24) is 15.1 Å². The van der Waals surface area contributed by atoms with E-state index in [-0.39, 0.29) is 12.1 Å². The molecule has 184 valence electrons. The Bertz CT molecular complexity index is 991. The van der Waals surface area contributed by atoms with Crippen molar-refractivity contribution < 1.29 is 19.1 Å². The van der Waals surface area contributed by atoms with Crippen LogP contribution in [-0.4, -0.2) is 82.3 Å². The van der Waals surface area contributed by atoms with Crippen LogP contribution in [0.4, 0.5) is 11.4 Å². The Balaban J connectivity index is 1.71. The van der Waals surface area contributed by atoms with Crippen molar-refractivity contribution in [2.75, 3.05) is 64.6 Å². The van der Waals surface area contributed by atoms with E-state index < -0.39 is 0 Å². The number of hydrogen-bond acceptors (Lipinski definition) is 7. The zero-order chi connectivity index (χ0) is 24.7. The van der Waals surface area contributed by atoms with Crippen LogP contribution in [0, 0.1) is 6.92 Å². The molecule has 1 aliphatic rings. The Kier molecular flexibility index (Phi) is 8.72. The molecule has 0 aromatic heterocycles. The van der Waals surface area contributed by atoms with Gasteiger partial charge in [0.1, 0.15) is 11.5 Å². The van der Waals surface area contributed by atoms with E-state index in [1.807, 2.05) is 25.1 Å². The number of benzene rings is 2. The maximum Gasteiger partial charge on any atom is 0.258 e. The van der Waals surface area contributed by atoms with Gasteiger partial charge in [0.2, 0.25) is 6.41 Å². The number of amides is 2. The molecule has 0 radical (unpaired) electrons. The van der Waals surface area contributed by atoms with E-state index in [2.05, 4.69) is 22.2 Å². The van der Waals surface area contributed by atoms with Crippen molar-refractivity contribution in [2.45, 2.75) is 19.5 Å². The highest BCUT2D eigenvalue weighted by Crippen LogP contribution is 2.31. The minimum absolute atomic E-state index is 0.0962. The van der Waals surface area contributed by atoms with Crippen LogP contribution in [0.25, 0.3) is 0 Å². The maximum absolute atomic E-state index is 13.2. The summed E-state index contributed by atoms with van der Waals surface area (Å²) in [6, 6.07) is 10.7. The summed E-state index contributed by atoms with van der Waals surface area (Å²) in [4.78, 5) is 30.4. The Morgan fingerprint density at radius 2 is 1.91 bits per heavy atom. The van der Waals surface area contributed by atoms with Crippen LogP contribution in [0.5, 0.6) is 11.5 Å². The number of anilines is 2. The van der Waals surface area contributed by atoms with E-state index in [1.165, 1.54) is 7.11 Å². The molecule has 1 fully saturated rings. The fourth-order valence-electron chi connectivity index (χ4n) is 4.03. The van der Waals surface area contributed by atoms with Gasteiger partial charge < -0.3 is 30.3 Å². The van der Waals surface area contributed by atoms with Gasteiger partial charge in [-0.3, -0.25) is 14.5 Å². The molecule has 2 aromatic carbocycles. The summed E-state index contributed by atoms with van der Waals surface area (Å²) in [5.41, 5.74) is 8.50. The molecule has 1 heterocycles. The first-order valence-corrected chi connectivity index (χ1v) is 11.4. The highest BCUT2D eigenvalue weighted by molar-refractivity contribution is 6.07. The van der Waals surface area contributed by atoms with Gasteiger partial charge in [-0.2, -0.15) is 0 Å². The van der Waals surface area contributed by atoms with E-state index in [0.717, 1.165) is 38.2 Å². The second kappa shape index (κ2) is 11.7. The number of hydrogen-bond donors (Lipinski definition) is 2. The average molecular weight is 470 g/mol. The Morgan fingerprint density at radius 3 is 2.59 bits per heavy atom. The van der Waals surface area contributed by atoms with Crippen molar-refractivity contribution in [3.63, 3.8) is 0 Å². The molecule has 1 atom stereocenters. The van der Waals surface area contributed by atoms with Gasteiger partial charge in [0.15, 0.2) is 0 Å². The third-order valence-corrected chi connectivity index (χ3v) is 6.15. The number of nitrogen functional groups attached to an aromatic ring is 1. The molecular weight excluding hydrogens is 434 g/mol. The van der Waals surface area contributed by atoms with Crippen LogP contribution in [0.2, 0.25) is 0 Å². The predicted molar refractivity (Wildman–Crippen MR) is 133 cm³/mol. The number of likely N-dealkylation sites (N-methyl/N-ethyl adjacent to an activating group) is 1. The molecule has 0 bridgehead atoms. The standard InChI is InChI=1S/C25H35N5O4/c1-18-5-8-21(29(3)25(32)19-6-7-20(26)22(16-19)33-4)23(15-18)34-14-9-24(27-17-31)30-12-10-28(2)11-13-30/h5-8,15-17,24H,9-14,26H2,1-4H3,(H,27,31).